The summed E-state index contributed by atoms with van der Waals surface area (Å²) in [6.07, 6.45) is 0.996. The molecule has 0 saturated carbocycles. The second-order valence-corrected chi connectivity index (χ2v) is 5.48. The Morgan fingerprint density at radius 1 is 1.21 bits per heavy atom. The minimum Gasteiger partial charge on any atom is -0.326 e. The molecule has 0 bridgehead atoms. The topological polar surface area (TPSA) is 43.8 Å². The molecule has 0 unspecified atom stereocenters. The molecule has 2 N–H and O–H groups in total. The van der Waals surface area contributed by atoms with Crippen LogP contribution in [0, 0.1) is 0 Å². The molecule has 0 spiro atoms. The lowest BCUT2D eigenvalue weighted by atomic mass is 10.2. The van der Waals surface area contributed by atoms with Crippen molar-refractivity contribution in [2.45, 2.75) is 44.0 Å². The van der Waals surface area contributed by atoms with Crippen LogP contribution in [0.2, 0.25) is 0 Å². The van der Waals surface area contributed by atoms with Gasteiger partial charge in [-0.2, -0.15) is 5.10 Å². The predicted molar refractivity (Wildman–Crippen MR) is 81.2 cm³/mol. The molecule has 102 valence electrons. The summed E-state index contributed by atoms with van der Waals surface area (Å²) < 4.78 is 2.10. The molecule has 0 aliphatic heterocycles. The number of hydrogen-bond acceptors (Lipinski definition) is 3. The van der Waals surface area contributed by atoms with Crippen LogP contribution in [-0.4, -0.2) is 9.78 Å². The number of benzene rings is 1. The van der Waals surface area contributed by atoms with Gasteiger partial charge in [0, 0.05) is 29.4 Å². The Morgan fingerprint density at radius 2 is 1.95 bits per heavy atom. The quantitative estimate of drug-likeness (QED) is 0.823. The molecule has 0 aliphatic carbocycles. The highest BCUT2D eigenvalue weighted by Crippen LogP contribution is 2.23. The average molecular weight is 275 g/mol. The number of hydrogen-bond donors (Lipinski definition) is 1. The number of nitrogens with two attached hydrogens (primary N) is 1. The van der Waals surface area contributed by atoms with Gasteiger partial charge in [-0.3, -0.25) is 4.68 Å². The summed E-state index contributed by atoms with van der Waals surface area (Å²) >= 11 is 1.84. The summed E-state index contributed by atoms with van der Waals surface area (Å²) in [5, 5.41) is 4.57. The van der Waals surface area contributed by atoms with E-state index in [1.165, 1.54) is 21.8 Å². The predicted octanol–water partition coefficient (Wildman–Crippen LogP) is 3.22. The van der Waals surface area contributed by atoms with Gasteiger partial charge < -0.3 is 5.73 Å². The largest absolute Gasteiger partial charge is 0.326 e. The zero-order chi connectivity index (χ0) is 13.7. The van der Waals surface area contributed by atoms with E-state index in [9.17, 15) is 0 Å². The normalized spacial score (nSPS) is 10.9. The first-order valence-electron chi connectivity index (χ1n) is 6.74. The van der Waals surface area contributed by atoms with E-state index in [0.717, 1.165) is 18.7 Å². The van der Waals surface area contributed by atoms with Gasteiger partial charge in [-0.1, -0.05) is 19.1 Å². The van der Waals surface area contributed by atoms with Gasteiger partial charge in [0.15, 0.2) is 0 Å². The van der Waals surface area contributed by atoms with Crippen molar-refractivity contribution in [3.05, 3.63) is 47.3 Å². The SMILES string of the molecule is CCc1cc(CSc2ccc(CN)cc2)n(CC)n1. The average Bonchev–Trinajstić information content (AvgIpc) is 2.88. The summed E-state index contributed by atoms with van der Waals surface area (Å²) in [6, 6.07) is 10.7. The molecular formula is C15H21N3S. The molecule has 1 aromatic carbocycles. The van der Waals surface area contributed by atoms with Crippen LogP contribution < -0.4 is 5.73 Å². The highest BCUT2D eigenvalue weighted by Gasteiger charge is 2.06. The number of rotatable bonds is 6. The summed E-state index contributed by atoms with van der Waals surface area (Å²) in [6.45, 7) is 5.82. The van der Waals surface area contributed by atoms with Crippen molar-refractivity contribution >= 4 is 11.8 Å². The molecule has 19 heavy (non-hydrogen) atoms. The molecule has 0 atom stereocenters. The van der Waals surface area contributed by atoms with E-state index in [-0.39, 0.29) is 0 Å². The van der Waals surface area contributed by atoms with Crippen LogP contribution in [0.4, 0.5) is 0 Å². The lowest BCUT2D eigenvalue weighted by Crippen LogP contribution is -2.01. The lowest BCUT2D eigenvalue weighted by molar-refractivity contribution is 0.628. The summed E-state index contributed by atoms with van der Waals surface area (Å²) in [5.41, 5.74) is 9.25. The Kier molecular flexibility index (Phi) is 5.05. The van der Waals surface area contributed by atoms with E-state index in [1.807, 2.05) is 11.8 Å². The van der Waals surface area contributed by atoms with Crippen molar-refractivity contribution in [1.82, 2.24) is 9.78 Å². The Bertz CT molecular complexity index is 517. The molecule has 2 rings (SSSR count). The minimum atomic E-state index is 0.605. The first kappa shape index (κ1) is 14.2. The molecule has 1 aromatic heterocycles. The molecule has 1 heterocycles. The van der Waals surface area contributed by atoms with Crippen molar-refractivity contribution in [1.29, 1.82) is 0 Å². The summed E-state index contributed by atoms with van der Waals surface area (Å²) in [5.74, 6) is 0.961. The van der Waals surface area contributed by atoms with Crippen molar-refractivity contribution < 1.29 is 0 Å². The van der Waals surface area contributed by atoms with Crippen LogP contribution >= 0.6 is 11.8 Å². The van der Waals surface area contributed by atoms with Gasteiger partial charge in [-0.05, 0) is 37.1 Å². The van der Waals surface area contributed by atoms with Gasteiger partial charge in [0.2, 0.25) is 0 Å². The number of thioether (sulfide) groups is 1. The molecule has 0 saturated heterocycles. The number of nitrogens with zero attached hydrogens (tertiary/aromatic N) is 2. The van der Waals surface area contributed by atoms with Crippen LogP contribution in [0.3, 0.4) is 0 Å². The molecule has 0 amide bonds. The Morgan fingerprint density at radius 3 is 2.53 bits per heavy atom. The zero-order valence-electron chi connectivity index (χ0n) is 11.6. The highest BCUT2D eigenvalue weighted by atomic mass is 32.2. The van der Waals surface area contributed by atoms with Gasteiger partial charge in [-0.15, -0.1) is 11.8 Å². The molecule has 0 aliphatic rings. The Hall–Kier alpha value is -1.26. The maximum Gasteiger partial charge on any atom is 0.0625 e. The van der Waals surface area contributed by atoms with Gasteiger partial charge in [0.1, 0.15) is 0 Å². The smallest absolute Gasteiger partial charge is 0.0625 e. The molecule has 0 fully saturated rings. The van der Waals surface area contributed by atoms with E-state index in [4.69, 9.17) is 5.73 Å². The van der Waals surface area contributed by atoms with E-state index in [2.05, 4.69) is 54.0 Å². The highest BCUT2D eigenvalue weighted by molar-refractivity contribution is 7.98. The second kappa shape index (κ2) is 6.78. The molecule has 0 radical (unpaired) electrons. The van der Waals surface area contributed by atoms with Gasteiger partial charge >= 0.3 is 0 Å². The maximum absolute atomic E-state index is 5.60. The monoisotopic (exact) mass is 275 g/mol. The van der Waals surface area contributed by atoms with E-state index in [0.29, 0.717) is 6.54 Å². The third kappa shape index (κ3) is 3.61. The Labute approximate surface area is 119 Å². The fraction of sp³-hybridized carbons (Fsp3) is 0.400. The van der Waals surface area contributed by atoms with Crippen molar-refractivity contribution in [3.63, 3.8) is 0 Å². The van der Waals surface area contributed by atoms with Crippen LogP contribution in [0.1, 0.15) is 30.8 Å². The second-order valence-electron chi connectivity index (χ2n) is 4.43. The molecule has 4 heteroatoms. The van der Waals surface area contributed by atoms with Gasteiger partial charge in [0.05, 0.1) is 5.69 Å². The van der Waals surface area contributed by atoms with Crippen LogP contribution in [0.15, 0.2) is 35.2 Å². The van der Waals surface area contributed by atoms with Crippen LogP contribution in [0.5, 0.6) is 0 Å². The summed E-state index contributed by atoms with van der Waals surface area (Å²) in [7, 11) is 0. The third-order valence-corrected chi connectivity index (χ3v) is 4.17. The lowest BCUT2D eigenvalue weighted by Gasteiger charge is -2.05. The van der Waals surface area contributed by atoms with Gasteiger partial charge in [-0.25, -0.2) is 0 Å². The molecule has 2 aromatic rings. The fourth-order valence-electron chi connectivity index (χ4n) is 1.96. The molecular weight excluding hydrogens is 254 g/mol. The maximum atomic E-state index is 5.60. The first-order chi connectivity index (χ1) is 9.26. The molecule has 3 nitrogen and oxygen atoms in total. The van der Waals surface area contributed by atoms with Crippen molar-refractivity contribution in [2.24, 2.45) is 5.73 Å². The van der Waals surface area contributed by atoms with E-state index in [1.54, 1.807) is 0 Å². The fourth-order valence-corrected chi connectivity index (χ4v) is 2.83. The van der Waals surface area contributed by atoms with E-state index >= 15 is 0 Å². The number of aryl methyl sites for hydroxylation is 2. The first-order valence-corrected chi connectivity index (χ1v) is 7.72. The standard InChI is InChI=1S/C15H21N3S/c1-3-13-9-14(18(4-2)17-13)11-19-15-7-5-12(10-16)6-8-15/h5-9H,3-4,10-11,16H2,1-2H3. The number of aromatic nitrogens is 2. The van der Waals surface area contributed by atoms with Crippen molar-refractivity contribution in [3.8, 4) is 0 Å². The zero-order valence-corrected chi connectivity index (χ0v) is 12.4. The van der Waals surface area contributed by atoms with Gasteiger partial charge in [0.25, 0.3) is 0 Å². The summed E-state index contributed by atoms with van der Waals surface area (Å²) in [4.78, 5) is 1.28. The van der Waals surface area contributed by atoms with Crippen LogP contribution in [-0.2, 0) is 25.3 Å². The minimum absolute atomic E-state index is 0.605. The Balaban J connectivity index is 2.02. The third-order valence-electron chi connectivity index (χ3n) is 3.12. The van der Waals surface area contributed by atoms with Crippen LogP contribution in [0.25, 0.3) is 0 Å². The van der Waals surface area contributed by atoms with Crippen molar-refractivity contribution in [2.75, 3.05) is 0 Å². The van der Waals surface area contributed by atoms with E-state index < -0.39 is 0 Å².